The first-order valence-corrected chi connectivity index (χ1v) is 9.43. The van der Waals surface area contributed by atoms with Crippen LogP contribution in [0.15, 0.2) is 35.7 Å². The first kappa shape index (κ1) is 21.1. The number of thiazole rings is 1. The Morgan fingerprint density at radius 1 is 1.23 bits per heavy atom. The third-order valence-corrected chi connectivity index (χ3v) is 4.72. The standard InChI is InChI=1S/C19H15F2N3O5S/c1-3-29-17-7-11(15(24(26)27)8-16(17)28-2)18(25)23-19-22-14(9-30-19)10-4-5-12(20)13(21)6-10/h4-9H,3H2,1-2H3,(H,22,23,25). The summed E-state index contributed by atoms with van der Waals surface area (Å²) >= 11 is 1.03. The molecular weight excluding hydrogens is 420 g/mol. The first-order chi connectivity index (χ1) is 14.3. The fraction of sp³-hybridized carbons (Fsp3) is 0.158. The summed E-state index contributed by atoms with van der Waals surface area (Å²) in [5.74, 6) is -2.49. The van der Waals surface area contributed by atoms with Gasteiger partial charge in [-0.3, -0.25) is 20.2 Å². The molecule has 0 atom stereocenters. The molecule has 0 spiro atoms. The molecule has 1 aromatic heterocycles. The molecule has 1 N–H and O–H groups in total. The van der Waals surface area contributed by atoms with Crippen LogP contribution in [-0.2, 0) is 0 Å². The van der Waals surface area contributed by atoms with E-state index in [9.17, 15) is 23.7 Å². The zero-order valence-corrected chi connectivity index (χ0v) is 16.6. The van der Waals surface area contributed by atoms with Crippen molar-refractivity contribution in [1.29, 1.82) is 0 Å². The average Bonchev–Trinajstić information content (AvgIpc) is 3.18. The molecule has 3 aromatic rings. The van der Waals surface area contributed by atoms with E-state index >= 15 is 0 Å². The lowest BCUT2D eigenvalue weighted by Crippen LogP contribution is -2.14. The van der Waals surface area contributed by atoms with Crippen LogP contribution in [0.5, 0.6) is 11.5 Å². The maximum absolute atomic E-state index is 13.4. The Morgan fingerprint density at radius 2 is 2.00 bits per heavy atom. The molecule has 11 heteroatoms. The van der Waals surface area contributed by atoms with E-state index in [1.54, 1.807) is 6.92 Å². The predicted octanol–water partition coefficient (Wildman–Crippen LogP) is 4.66. The number of aromatic nitrogens is 1. The molecule has 0 aliphatic rings. The summed E-state index contributed by atoms with van der Waals surface area (Å²) in [7, 11) is 1.33. The highest BCUT2D eigenvalue weighted by atomic mass is 32.1. The zero-order chi connectivity index (χ0) is 21.8. The predicted molar refractivity (Wildman–Crippen MR) is 106 cm³/mol. The van der Waals surface area contributed by atoms with Gasteiger partial charge in [-0.15, -0.1) is 11.3 Å². The van der Waals surface area contributed by atoms with E-state index in [0.717, 1.165) is 29.5 Å². The third-order valence-electron chi connectivity index (χ3n) is 3.96. The number of halogens is 2. The number of hydrogen-bond acceptors (Lipinski definition) is 7. The Morgan fingerprint density at radius 3 is 2.63 bits per heavy atom. The summed E-state index contributed by atoms with van der Waals surface area (Å²) in [6.45, 7) is 1.98. The number of nitro benzene ring substituents is 1. The molecule has 1 heterocycles. The van der Waals surface area contributed by atoms with E-state index in [1.807, 2.05) is 0 Å². The number of benzene rings is 2. The highest BCUT2D eigenvalue weighted by Gasteiger charge is 2.25. The summed E-state index contributed by atoms with van der Waals surface area (Å²) < 4.78 is 37.0. The highest BCUT2D eigenvalue weighted by Crippen LogP contribution is 2.35. The molecule has 156 valence electrons. The van der Waals surface area contributed by atoms with Gasteiger partial charge in [-0.2, -0.15) is 0 Å². The van der Waals surface area contributed by atoms with E-state index < -0.39 is 28.2 Å². The average molecular weight is 435 g/mol. The molecule has 0 aliphatic heterocycles. The number of carbonyl (C=O) groups is 1. The summed E-state index contributed by atoms with van der Waals surface area (Å²) in [5, 5.41) is 15.6. The summed E-state index contributed by atoms with van der Waals surface area (Å²) in [6.07, 6.45) is 0. The van der Waals surface area contributed by atoms with Gasteiger partial charge in [0, 0.05) is 17.0 Å². The Balaban J connectivity index is 1.90. The van der Waals surface area contributed by atoms with E-state index in [-0.39, 0.29) is 28.8 Å². The van der Waals surface area contributed by atoms with E-state index in [4.69, 9.17) is 9.47 Å². The van der Waals surface area contributed by atoms with Gasteiger partial charge < -0.3 is 9.47 Å². The number of hydrogen-bond donors (Lipinski definition) is 1. The smallest absolute Gasteiger partial charge is 0.286 e. The molecule has 0 radical (unpaired) electrons. The van der Waals surface area contributed by atoms with Gasteiger partial charge in [0.05, 0.1) is 30.4 Å². The van der Waals surface area contributed by atoms with Crippen LogP contribution in [0.2, 0.25) is 0 Å². The van der Waals surface area contributed by atoms with Crippen LogP contribution in [0.3, 0.4) is 0 Å². The minimum Gasteiger partial charge on any atom is -0.493 e. The maximum atomic E-state index is 13.4. The lowest BCUT2D eigenvalue weighted by molar-refractivity contribution is -0.385. The molecule has 3 rings (SSSR count). The van der Waals surface area contributed by atoms with Crippen molar-refractivity contribution in [1.82, 2.24) is 4.98 Å². The summed E-state index contributed by atoms with van der Waals surface area (Å²) in [6, 6.07) is 5.63. The second kappa shape index (κ2) is 8.82. The molecule has 0 unspecified atom stereocenters. The van der Waals surface area contributed by atoms with Gasteiger partial charge in [-0.25, -0.2) is 13.8 Å². The first-order valence-electron chi connectivity index (χ1n) is 8.55. The Labute approximate surface area is 173 Å². The van der Waals surface area contributed by atoms with Crippen LogP contribution >= 0.6 is 11.3 Å². The van der Waals surface area contributed by atoms with Crippen molar-refractivity contribution in [3.05, 3.63) is 63.0 Å². The number of nitrogens with zero attached hydrogens (tertiary/aromatic N) is 2. The minimum atomic E-state index is -1.02. The van der Waals surface area contributed by atoms with Gasteiger partial charge >= 0.3 is 0 Å². The molecule has 30 heavy (non-hydrogen) atoms. The number of nitrogens with one attached hydrogen (secondary N) is 1. The van der Waals surface area contributed by atoms with Gasteiger partial charge in [0.2, 0.25) is 0 Å². The normalized spacial score (nSPS) is 10.5. The number of anilines is 1. The monoisotopic (exact) mass is 435 g/mol. The Hall–Kier alpha value is -3.60. The van der Waals surface area contributed by atoms with Crippen LogP contribution in [0.4, 0.5) is 19.6 Å². The lowest BCUT2D eigenvalue weighted by Gasteiger charge is -2.11. The van der Waals surface area contributed by atoms with Crippen LogP contribution in [0.25, 0.3) is 11.3 Å². The van der Waals surface area contributed by atoms with E-state index in [2.05, 4.69) is 10.3 Å². The van der Waals surface area contributed by atoms with Gasteiger partial charge in [0.25, 0.3) is 11.6 Å². The second-order valence-corrected chi connectivity index (χ2v) is 6.69. The summed E-state index contributed by atoms with van der Waals surface area (Å²) in [5.41, 5.74) is -0.0767. The van der Waals surface area contributed by atoms with E-state index in [0.29, 0.717) is 11.3 Å². The number of rotatable bonds is 7. The number of carbonyl (C=O) groups excluding carboxylic acids is 1. The molecule has 1 amide bonds. The largest absolute Gasteiger partial charge is 0.493 e. The SMILES string of the molecule is CCOc1cc(C(=O)Nc2nc(-c3ccc(F)c(F)c3)cs2)c([N+](=O)[O-])cc1OC. The molecule has 0 saturated heterocycles. The topological polar surface area (TPSA) is 104 Å². The Kier molecular flexibility index (Phi) is 6.21. The summed E-state index contributed by atoms with van der Waals surface area (Å²) in [4.78, 5) is 27.5. The van der Waals surface area contributed by atoms with Crippen molar-refractivity contribution in [3.8, 4) is 22.8 Å². The van der Waals surface area contributed by atoms with Gasteiger partial charge in [0.15, 0.2) is 28.3 Å². The fourth-order valence-electron chi connectivity index (χ4n) is 2.59. The number of methoxy groups -OCH3 is 1. The van der Waals surface area contributed by atoms with Crippen molar-refractivity contribution < 1.29 is 28.0 Å². The molecule has 0 aliphatic carbocycles. The molecule has 2 aromatic carbocycles. The number of amides is 1. The second-order valence-electron chi connectivity index (χ2n) is 5.83. The van der Waals surface area contributed by atoms with Crippen LogP contribution in [-0.4, -0.2) is 29.5 Å². The van der Waals surface area contributed by atoms with Gasteiger partial charge in [-0.05, 0) is 25.1 Å². The van der Waals surface area contributed by atoms with Gasteiger partial charge in [0.1, 0.15) is 5.56 Å². The zero-order valence-electron chi connectivity index (χ0n) is 15.8. The van der Waals surface area contributed by atoms with Crippen LogP contribution < -0.4 is 14.8 Å². The molecule has 0 bridgehead atoms. The van der Waals surface area contributed by atoms with E-state index in [1.165, 1.54) is 24.6 Å². The molecule has 0 saturated carbocycles. The van der Waals surface area contributed by atoms with Crippen LogP contribution in [0, 0.1) is 21.7 Å². The van der Waals surface area contributed by atoms with Crippen molar-refractivity contribution >= 4 is 28.1 Å². The van der Waals surface area contributed by atoms with Crippen molar-refractivity contribution in [3.63, 3.8) is 0 Å². The quantitative estimate of drug-likeness (QED) is 0.428. The number of nitro groups is 1. The molecule has 0 fully saturated rings. The fourth-order valence-corrected chi connectivity index (χ4v) is 3.31. The lowest BCUT2D eigenvalue weighted by atomic mass is 10.1. The van der Waals surface area contributed by atoms with Crippen LogP contribution in [0.1, 0.15) is 17.3 Å². The Bertz CT molecular complexity index is 1120. The van der Waals surface area contributed by atoms with Gasteiger partial charge in [-0.1, -0.05) is 0 Å². The van der Waals surface area contributed by atoms with Crippen molar-refractivity contribution in [2.45, 2.75) is 6.92 Å². The molecule has 8 nitrogen and oxygen atoms in total. The highest BCUT2D eigenvalue weighted by molar-refractivity contribution is 7.14. The minimum absolute atomic E-state index is 0.120. The molecular formula is C19H15F2N3O5S. The maximum Gasteiger partial charge on any atom is 0.286 e. The van der Waals surface area contributed by atoms with Crippen molar-refractivity contribution in [2.24, 2.45) is 0 Å². The number of ether oxygens (including phenoxy) is 2. The third kappa shape index (κ3) is 4.35. The van der Waals surface area contributed by atoms with Crippen molar-refractivity contribution in [2.75, 3.05) is 19.0 Å².